The fraction of sp³-hybridized carbons (Fsp3) is 0.300. The molecule has 4 heterocycles. The Hall–Kier alpha value is -3.46. The van der Waals surface area contributed by atoms with Gasteiger partial charge in [0.15, 0.2) is 11.9 Å². The van der Waals surface area contributed by atoms with Gasteiger partial charge in [-0.2, -0.15) is 10.2 Å². The molecule has 150 valence electrons. The highest BCUT2D eigenvalue weighted by Crippen LogP contribution is 2.22. The number of carbonyl (C=O) groups is 1. The summed E-state index contributed by atoms with van der Waals surface area (Å²) in [4.78, 5) is 17.1. The predicted octanol–water partition coefficient (Wildman–Crippen LogP) is 1.86. The molecule has 9 heteroatoms. The first-order chi connectivity index (χ1) is 14.1. The second kappa shape index (κ2) is 8.27. The average Bonchev–Trinajstić information content (AvgIpc) is 3.33. The third kappa shape index (κ3) is 4.35. The number of rotatable bonds is 0. The van der Waals surface area contributed by atoms with Crippen molar-refractivity contribution in [3.05, 3.63) is 60.3 Å². The van der Waals surface area contributed by atoms with Gasteiger partial charge in [-0.15, -0.1) is 0 Å². The third-order valence-corrected chi connectivity index (χ3v) is 4.62. The Morgan fingerprint density at radius 2 is 2.14 bits per heavy atom. The molecule has 4 bridgehead atoms. The lowest BCUT2D eigenvalue weighted by Crippen LogP contribution is -2.25. The molecule has 0 spiro atoms. The molecule has 0 aliphatic carbocycles. The van der Waals surface area contributed by atoms with Gasteiger partial charge in [0.05, 0.1) is 23.3 Å². The molecule has 0 aromatic carbocycles. The molecule has 29 heavy (non-hydrogen) atoms. The lowest BCUT2D eigenvalue weighted by atomic mass is 10.2. The molecule has 4 rings (SSSR count). The van der Waals surface area contributed by atoms with E-state index in [9.17, 15) is 9.90 Å². The van der Waals surface area contributed by atoms with Crippen molar-refractivity contribution in [1.82, 2.24) is 29.9 Å². The van der Waals surface area contributed by atoms with Gasteiger partial charge in [0, 0.05) is 38.1 Å². The Kier molecular flexibility index (Phi) is 5.39. The van der Waals surface area contributed by atoms with Crippen molar-refractivity contribution < 1.29 is 9.90 Å². The molecule has 1 unspecified atom stereocenters. The zero-order valence-corrected chi connectivity index (χ0v) is 16.1. The van der Waals surface area contributed by atoms with Crippen LogP contribution in [0.3, 0.4) is 0 Å². The van der Waals surface area contributed by atoms with Crippen molar-refractivity contribution in [3.8, 4) is 11.3 Å². The zero-order chi connectivity index (χ0) is 20.2. The minimum Gasteiger partial charge on any atom is -0.368 e. The van der Waals surface area contributed by atoms with Gasteiger partial charge in [0.2, 0.25) is 0 Å². The fourth-order valence-electron chi connectivity index (χ4n) is 3.17. The molecule has 3 aromatic rings. The normalized spacial score (nSPS) is 18.7. The van der Waals surface area contributed by atoms with Gasteiger partial charge in [0.25, 0.3) is 5.91 Å². The maximum atomic E-state index is 12.5. The number of aryl methyl sites for hydroxylation is 2. The van der Waals surface area contributed by atoms with Gasteiger partial charge < -0.3 is 15.7 Å². The number of aliphatic hydroxyl groups is 1. The van der Waals surface area contributed by atoms with E-state index in [0.29, 0.717) is 17.9 Å². The van der Waals surface area contributed by atoms with Crippen molar-refractivity contribution in [2.75, 3.05) is 11.9 Å². The predicted molar refractivity (Wildman–Crippen MR) is 108 cm³/mol. The maximum Gasteiger partial charge on any atom is 0.274 e. The van der Waals surface area contributed by atoms with Crippen LogP contribution in [0.5, 0.6) is 0 Å². The fourth-order valence-corrected chi connectivity index (χ4v) is 3.17. The minimum atomic E-state index is -1.10. The van der Waals surface area contributed by atoms with Crippen LogP contribution >= 0.6 is 0 Å². The number of nitrogens with zero attached hydrogens (tertiary/aromatic N) is 5. The van der Waals surface area contributed by atoms with E-state index in [4.69, 9.17) is 0 Å². The van der Waals surface area contributed by atoms with Crippen LogP contribution in [0.1, 0.15) is 35.3 Å². The molecule has 0 radical (unpaired) electrons. The Balaban J connectivity index is 1.67. The summed E-state index contributed by atoms with van der Waals surface area (Å²) in [6.45, 7) is 1.20. The van der Waals surface area contributed by atoms with Gasteiger partial charge in [-0.25, -0.2) is 4.98 Å². The second-order valence-corrected chi connectivity index (χ2v) is 6.88. The number of hydrogen-bond donors (Lipinski definition) is 3. The van der Waals surface area contributed by atoms with Crippen molar-refractivity contribution in [2.45, 2.75) is 25.6 Å². The number of carbonyl (C=O) groups excluding carboxylic acids is 1. The minimum absolute atomic E-state index is 0.221. The quantitative estimate of drug-likeness (QED) is 0.503. The van der Waals surface area contributed by atoms with E-state index in [1.165, 1.54) is 4.68 Å². The number of pyridine rings is 1. The molecular formula is C20H23N7O2. The van der Waals surface area contributed by atoms with E-state index in [-0.39, 0.29) is 11.6 Å². The van der Waals surface area contributed by atoms with Gasteiger partial charge in [0.1, 0.15) is 0 Å². The van der Waals surface area contributed by atoms with E-state index in [1.807, 2.05) is 35.2 Å². The Labute approximate surface area is 168 Å². The number of nitrogens with one attached hydrogen (secondary N) is 2. The molecule has 3 aromatic heterocycles. The summed E-state index contributed by atoms with van der Waals surface area (Å²) < 4.78 is 3.42. The number of fused-ring (bicyclic) bond motifs is 6. The summed E-state index contributed by atoms with van der Waals surface area (Å²) in [5, 5.41) is 25.0. The molecule has 0 fully saturated rings. The lowest BCUT2D eigenvalue weighted by Gasteiger charge is -2.14. The molecule has 9 nitrogen and oxygen atoms in total. The van der Waals surface area contributed by atoms with Crippen LogP contribution in [-0.2, 0) is 13.6 Å². The first-order valence-electron chi connectivity index (χ1n) is 9.51. The van der Waals surface area contributed by atoms with Crippen LogP contribution < -0.4 is 10.6 Å². The SMILES string of the molecule is Cn1cc2c(n1)C(=O)NC/C=C/CCCn1cc(cn1)-c1cccc(n1)C(O)N2. The summed E-state index contributed by atoms with van der Waals surface area (Å²) in [5.41, 5.74) is 2.70. The number of allylic oxidation sites excluding steroid dienone is 1. The summed E-state index contributed by atoms with van der Waals surface area (Å²) in [5.74, 6) is -0.310. The molecule has 0 saturated carbocycles. The van der Waals surface area contributed by atoms with Gasteiger partial charge in [-0.05, 0) is 25.0 Å². The summed E-state index contributed by atoms with van der Waals surface area (Å²) in [6, 6.07) is 5.44. The van der Waals surface area contributed by atoms with Crippen LogP contribution in [0.25, 0.3) is 11.3 Å². The number of anilines is 1. The van der Waals surface area contributed by atoms with Crippen LogP contribution in [0, 0.1) is 0 Å². The first-order valence-corrected chi connectivity index (χ1v) is 9.51. The summed E-state index contributed by atoms with van der Waals surface area (Å²) in [7, 11) is 1.72. The Morgan fingerprint density at radius 3 is 3.03 bits per heavy atom. The molecule has 1 atom stereocenters. The average molecular weight is 393 g/mol. The second-order valence-electron chi connectivity index (χ2n) is 6.88. The number of hydrogen-bond acceptors (Lipinski definition) is 6. The van der Waals surface area contributed by atoms with Crippen LogP contribution in [0.4, 0.5) is 5.69 Å². The molecule has 1 aliphatic heterocycles. The number of amides is 1. The van der Waals surface area contributed by atoms with E-state index in [1.54, 1.807) is 25.5 Å². The standard InChI is InChI=1S/C20H23N7O2/c1-26-13-17-18(25-26)20(29)21-9-4-2-3-5-10-27-12-14(11-22-27)15-7-6-8-16(23-15)19(28)24-17/h2,4,6-8,11-13,19,24,28H,3,5,9-10H2,1H3,(H,21,29)/b4-2+. The Bertz CT molecular complexity index is 1040. The van der Waals surface area contributed by atoms with Gasteiger partial charge in [-0.3, -0.25) is 14.2 Å². The molecular weight excluding hydrogens is 370 g/mol. The van der Waals surface area contributed by atoms with Crippen molar-refractivity contribution in [2.24, 2.45) is 7.05 Å². The van der Waals surface area contributed by atoms with E-state index < -0.39 is 6.23 Å². The first kappa shape index (κ1) is 18.9. The molecule has 1 aliphatic rings. The van der Waals surface area contributed by atoms with E-state index >= 15 is 0 Å². The summed E-state index contributed by atoms with van der Waals surface area (Å²) >= 11 is 0. The van der Waals surface area contributed by atoms with Gasteiger partial charge >= 0.3 is 0 Å². The summed E-state index contributed by atoms with van der Waals surface area (Å²) in [6.07, 6.45) is 10.1. The zero-order valence-electron chi connectivity index (χ0n) is 16.1. The van der Waals surface area contributed by atoms with Gasteiger partial charge in [-0.1, -0.05) is 18.2 Å². The molecule has 3 N–H and O–H groups in total. The third-order valence-electron chi connectivity index (χ3n) is 4.62. The monoisotopic (exact) mass is 393 g/mol. The number of aliphatic hydroxyl groups excluding tert-OH is 1. The highest BCUT2D eigenvalue weighted by Gasteiger charge is 2.19. The van der Waals surface area contributed by atoms with Crippen LogP contribution in [0.15, 0.2) is 48.9 Å². The maximum absolute atomic E-state index is 12.5. The topological polar surface area (TPSA) is 110 Å². The highest BCUT2D eigenvalue weighted by atomic mass is 16.3. The molecule has 1 amide bonds. The highest BCUT2D eigenvalue weighted by molar-refractivity contribution is 5.97. The lowest BCUT2D eigenvalue weighted by molar-refractivity contribution is 0.0953. The van der Waals surface area contributed by atoms with Crippen molar-refractivity contribution in [3.63, 3.8) is 0 Å². The van der Waals surface area contributed by atoms with E-state index in [2.05, 4.69) is 25.8 Å². The van der Waals surface area contributed by atoms with Crippen LogP contribution in [0.2, 0.25) is 0 Å². The molecule has 0 saturated heterocycles. The number of aromatic nitrogens is 5. The van der Waals surface area contributed by atoms with Crippen molar-refractivity contribution >= 4 is 11.6 Å². The largest absolute Gasteiger partial charge is 0.368 e. The smallest absolute Gasteiger partial charge is 0.274 e. The Morgan fingerprint density at radius 1 is 1.24 bits per heavy atom. The van der Waals surface area contributed by atoms with Crippen molar-refractivity contribution in [1.29, 1.82) is 0 Å². The van der Waals surface area contributed by atoms with Crippen LogP contribution in [-0.4, -0.2) is 42.1 Å². The van der Waals surface area contributed by atoms with E-state index in [0.717, 1.165) is 30.6 Å².